The zero-order chi connectivity index (χ0) is 22.4. The van der Waals surface area contributed by atoms with Gasteiger partial charge in [0.2, 0.25) is 0 Å². The first-order valence-electron chi connectivity index (χ1n) is 11.3. The van der Waals surface area contributed by atoms with Gasteiger partial charge in [-0.05, 0) is 28.1 Å². The van der Waals surface area contributed by atoms with Gasteiger partial charge in [-0.25, -0.2) is 0 Å². The van der Waals surface area contributed by atoms with E-state index in [1.54, 1.807) is 0 Å². The van der Waals surface area contributed by atoms with Gasteiger partial charge in [0.15, 0.2) is 5.78 Å². The number of hydrogen-bond acceptors (Lipinski definition) is 3. The molecule has 0 aromatic heterocycles. The Bertz CT molecular complexity index is 757. The topological polar surface area (TPSA) is 32.7 Å². The van der Waals surface area contributed by atoms with Crippen LogP contribution in [0.2, 0.25) is 0 Å². The summed E-state index contributed by atoms with van der Waals surface area (Å²) in [5.74, 6) is 0.0986. The molecule has 0 bridgehead atoms. The minimum absolute atomic E-state index is 0.0986. The van der Waals surface area contributed by atoms with E-state index in [2.05, 4.69) is 36.2 Å². The zero-order valence-corrected chi connectivity index (χ0v) is 19.9. The number of hydrogen-bond donors (Lipinski definition) is 0. The Kier molecular flexibility index (Phi) is 12.6. The molecule has 4 rings (SSSR count). The fraction of sp³-hybridized carbons (Fsp3) is 0.481. The molecule has 1 fully saturated rings. The van der Waals surface area contributed by atoms with Crippen LogP contribution in [-0.2, 0) is 0 Å². The van der Waals surface area contributed by atoms with Gasteiger partial charge < -0.3 is 4.90 Å². The molecule has 1 saturated carbocycles. The summed E-state index contributed by atoms with van der Waals surface area (Å²) in [4.78, 5) is 18.2. The lowest BCUT2D eigenvalue weighted by molar-refractivity contribution is 0.1000. The number of nitrogens with zero attached hydrogens (tertiary/aromatic N) is 2. The molecule has 0 radical (unpaired) electrons. The molecule has 0 atom stereocenters. The first kappa shape index (κ1) is 25.8. The molecule has 30 heavy (non-hydrogen) atoms. The van der Waals surface area contributed by atoms with Crippen LogP contribution in [0.4, 0.5) is 0 Å². The Morgan fingerprint density at radius 3 is 1.63 bits per heavy atom. The van der Waals surface area contributed by atoms with E-state index in [1.165, 1.54) is 44.1 Å². The Morgan fingerprint density at radius 1 is 0.733 bits per heavy atom. The van der Waals surface area contributed by atoms with E-state index in [0.717, 1.165) is 22.4 Å². The number of aliphatic imine (C=N–C) groups is 1. The van der Waals surface area contributed by atoms with Gasteiger partial charge >= 0.3 is 0 Å². The predicted octanol–water partition coefficient (Wildman–Crippen LogP) is 6.57. The molecular weight excluding hydrogens is 368 g/mol. The molecule has 164 valence electrons. The predicted molar refractivity (Wildman–Crippen MR) is 131 cm³/mol. The maximum Gasteiger partial charge on any atom is 0.184 e. The van der Waals surface area contributed by atoms with Gasteiger partial charge in [-0.2, -0.15) is 0 Å². The average Bonchev–Trinajstić information content (AvgIpc) is 2.78. The van der Waals surface area contributed by atoms with Crippen molar-refractivity contribution in [2.45, 2.75) is 59.3 Å². The summed E-state index contributed by atoms with van der Waals surface area (Å²) in [5.41, 5.74) is 4.94. The smallest absolute Gasteiger partial charge is 0.184 e. The average molecular weight is 409 g/mol. The van der Waals surface area contributed by atoms with Gasteiger partial charge in [-0.15, -0.1) is 0 Å². The molecule has 1 heterocycles. The van der Waals surface area contributed by atoms with Crippen LogP contribution in [0.3, 0.4) is 0 Å². The van der Waals surface area contributed by atoms with Crippen LogP contribution in [-0.4, -0.2) is 44.1 Å². The van der Waals surface area contributed by atoms with E-state index >= 15 is 0 Å². The standard InChI is InChI=1S/C16H13NO.C6H12.C3H9N.C2H6/c1-11-6-8-12(9-7-11)16-14-5-3-2-4-13(14)15(18)10-17-16;1-2-4-6-5-3-1;1-4(2)3;1-2/h2-9H,10H2,1H3;1-6H2;1-3H3;1-2H3. The highest BCUT2D eigenvalue weighted by Crippen LogP contribution is 2.20. The number of carbonyl (C=O) groups is 1. The Labute approximate surface area is 184 Å². The highest BCUT2D eigenvalue weighted by atomic mass is 16.1. The van der Waals surface area contributed by atoms with Gasteiger partial charge in [0.25, 0.3) is 0 Å². The summed E-state index contributed by atoms with van der Waals surface area (Å²) in [5, 5.41) is 0. The number of rotatable bonds is 1. The van der Waals surface area contributed by atoms with Crippen molar-refractivity contribution in [1.29, 1.82) is 0 Å². The van der Waals surface area contributed by atoms with Gasteiger partial charge in [0, 0.05) is 16.7 Å². The van der Waals surface area contributed by atoms with Crippen molar-refractivity contribution >= 4 is 11.5 Å². The SMILES string of the molecule is C1CCCCC1.CC.CN(C)C.Cc1ccc(C2=NCC(=O)c3ccccc32)cc1. The maximum atomic E-state index is 11.8. The monoisotopic (exact) mass is 408 g/mol. The minimum Gasteiger partial charge on any atom is -0.312 e. The molecule has 2 aliphatic rings. The van der Waals surface area contributed by atoms with Crippen molar-refractivity contribution in [2.75, 3.05) is 27.7 Å². The molecule has 1 aliphatic heterocycles. The summed E-state index contributed by atoms with van der Waals surface area (Å²) in [6.07, 6.45) is 9.00. The molecule has 0 amide bonds. The highest BCUT2D eigenvalue weighted by molar-refractivity contribution is 6.21. The third-order valence-corrected chi connectivity index (χ3v) is 4.69. The molecular formula is C27H40N2O. The van der Waals surface area contributed by atoms with Crippen molar-refractivity contribution in [3.05, 3.63) is 70.8 Å². The second-order valence-electron chi connectivity index (χ2n) is 7.96. The van der Waals surface area contributed by atoms with Crippen LogP contribution in [0.25, 0.3) is 0 Å². The molecule has 3 heteroatoms. The number of carbonyl (C=O) groups excluding carboxylic acids is 1. The van der Waals surface area contributed by atoms with Crippen LogP contribution in [0.1, 0.15) is 79.4 Å². The summed E-state index contributed by atoms with van der Waals surface area (Å²) in [6.45, 7) is 6.31. The van der Waals surface area contributed by atoms with Crippen molar-refractivity contribution in [2.24, 2.45) is 4.99 Å². The summed E-state index contributed by atoms with van der Waals surface area (Å²) >= 11 is 0. The Hall–Kier alpha value is -2.26. The van der Waals surface area contributed by atoms with E-state index < -0.39 is 0 Å². The number of aryl methyl sites for hydroxylation is 1. The summed E-state index contributed by atoms with van der Waals surface area (Å²) < 4.78 is 0. The molecule has 1 aliphatic carbocycles. The summed E-state index contributed by atoms with van der Waals surface area (Å²) in [7, 11) is 6.00. The quantitative estimate of drug-likeness (QED) is 0.534. The van der Waals surface area contributed by atoms with E-state index in [9.17, 15) is 4.79 Å². The third kappa shape index (κ3) is 9.04. The molecule has 0 saturated heterocycles. The normalized spacial score (nSPS) is 14.6. The van der Waals surface area contributed by atoms with Gasteiger partial charge in [0.1, 0.15) is 6.54 Å². The van der Waals surface area contributed by atoms with E-state index in [1.807, 2.05) is 64.2 Å². The van der Waals surface area contributed by atoms with Crippen LogP contribution in [0.5, 0.6) is 0 Å². The minimum atomic E-state index is 0.0986. The highest BCUT2D eigenvalue weighted by Gasteiger charge is 2.20. The molecule has 3 nitrogen and oxygen atoms in total. The van der Waals surface area contributed by atoms with Crippen LogP contribution in [0.15, 0.2) is 53.5 Å². The van der Waals surface area contributed by atoms with Crippen molar-refractivity contribution in [3.8, 4) is 0 Å². The first-order valence-corrected chi connectivity index (χ1v) is 11.3. The van der Waals surface area contributed by atoms with Crippen LogP contribution >= 0.6 is 0 Å². The molecule has 0 unspecified atom stereocenters. The third-order valence-electron chi connectivity index (χ3n) is 4.69. The number of benzene rings is 2. The first-order chi connectivity index (χ1) is 14.5. The largest absolute Gasteiger partial charge is 0.312 e. The fourth-order valence-corrected chi connectivity index (χ4v) is 3.27. The lowest BCUT2D eigenvalue weighted by Gasteiger charge is -2.16. The van der Waals surface area contributed by atoms with Gasteiger partial charge in [-0.1, -0.05) is 106 Å². The van der Waals surface area contributed by atoms with Crippen LogP contribution in [0, 0.1) is 6.92 Å². The van der Waals surface area contributed by atoms with Gasteiger partial charge in [0.05, 0.1) is 5.71 Å². The summed E-state index contributed by atoms with van der Waals surface area (Å²) in [6, 6.07) is 15.9. The van der Waals surface area contributed by atoms with Crippen molar-refractivity contribution in [1.82, 2.24) is 4.90 Å². The van der Waals surface area contributed by atoms with Crippen LogP contribution < -0.4 is 0 Å². The number of fused-ring (bicyclic) bond motifs is 1. The maximum absolute atomic E-state index is 11.8. The Morgan fingerprint density at radius 2 is 1.17 bits per heavy atom. The molecule has 0 N–H and O–H groups in total. The van der Waals surface area contributed by atoms with E-state index in [4.69, 9.17) is 0 Å². The molecule has 0 spiro atoms. The number of ketones is 1. The molecule has 2 aromatic carbocycles. The second-order valence-corrected chi connectivity index (χ2v) is 7.96. The van der Waals surface area contributed by atoms with Crippen molar-refractivity contribution < 1.29 is 4.79 Å². The van der Waals surface area contributed by atoms with Crippen molar-refractivity contribution in [3.63, 3.8) is 0 Å². The van der Waals surface area contributed by atoms with E-state index in [0.29, 0.717) is 0 Å². The number of Topliss-reactive ketones (excluding diaryl/α,β-unsaturated/α-hetero) is 1. The second kappa shape index (κ2) is 14.7. The fourth-order valence-electron chi connectivity index (χ4n) is 3.27. The molecule has 2 aromatic rings. The lowest BCUT2D eigenvalue weighted by atomic mass is 9.92. The Balaban J connectivity index is 0.000000310. The lowest BCUT2D eigenvalue weighted by Crippen LogP contribution is -2.19. The van der Waals surface area contributed by atoms with Gasteiger partial charge in [-0.3, -0.25) is 9.79 Å². The zero-order valence-electron chi connectivity index (χ0n) is 19.9. The van der Waals surface area contributed by atoms with E-state index in [-0.39, 0.29) is 12.3 Å².